The second-order valence-corrected chi connectivity index (χ2v) is 8.60. The molecule has 10 nitrogen and oxygen atoms in total. The number of urea groups is 1. The van der Waals surface area contributed by atoms with Crippen LogP contribution < -0.4 is 27.0 Å². The number of nitrogens with one attached hydrogen (secondary N) is 4. The summed E-state index contributed by atoms with van der Waals surface area (Å²) in [5, 5.41) is 12.2. The van der Waals surface area contributed by atoms with Crippen LogP contribution in [0.4, 0.5) is 27.9 Å². The van der Waals surface area contributed by atoms with E-state index in [9.17, 15) is 9.59 Å². The third-order valence-electron chi connectivity index (χ3n) is 5.08. The Bertz CT molecular complexity index is 936. The summed E-state index contributed by atoms with van der Waals surface area (Å²) in [6.45, 7) is 3.34. The van der Waals surface area contributed by atoms with Crippen LogP contribution in [0.3, 0.4) is 0 Å². The fourth-order valence-corrected chi connectivity index (χ4v) is 3.68. The lowest BCUT2D eigenvalue weighted by molar-refractivity contribution is -0.121. The molecule has 3 amide bonds. The van der Waals surface area contributed by atoms with Crippen LogP contribution >= 0.6 is 15.9 Å². The smallest absolute Gasteiger partial charge is 0.321 e. The first-order valence-corrected chi connectivity index (χ1v) is 12.0. The topological polar surface area (TPSA) is 137 Å². The van der Waals surface area contributed by atoms with E-state index in [4.69, 9.17) is 5.73 Å². The van der Waals surface area contributed by atoms with Gasteiger partial charge in [-0.15, -0.1) is 0 Å². The van der Waals surface area contributed by atoms with Gasteiger partial charge >= 0.3 is 6.03 Å². The molecule has 2 aromatic rings. The van der Waals surface area contributed by atoms with Crippen molar-refractivity contribution in [2.24, 2.45) is 5.73 Å². The molecule has 33 heavy (non-hydrogen) atoms. The maximum absolute atomic E-state index is 12.3. The van der Waals surface area contributed by atoms with Crippen LogP contribution in [0.2, 0.25) is 0 Å². The van der Waals surface area contributed by atoms with Crippen molar-refractivity contribution in [1.29, 1.82) is 0 Å². The first-order valence-electron chi connectivity index (χ1n) is 11.2. The number of nitrogens with two attached hydrogens (primary N) is 1. The molecule has 1 aromatic heterocycles. The highest BCUT2D eigenvalue weighted by Crippen LogP contribution is 2.23. The monoisotopic (exact) mass is 518 g/mol. The van der Waals surface area contributed by atoms with E-state index in [0.717, 1.165) is 42.5 Å². The molecular formula is C22H31BrN8O2. The third kappa shape index (κ3) is 8.17. The van der Waals surface area contributed by atoms with Crippen molar-refractivity contribution < 1.29 is 9.59 Å². The van der Waals surface area contributed by atoms with Crippen molar-refractivity contribution in [2.45, 2.75) is 32.1 Å². The summed E-state index contributed by atoms with van der Waals surface area (Å²) in [5.74, 6) is 1.10. The van der Waals surface area contributed by atoms with Gasteiger partial charge in [0.05, 0.1) is 4.47 Å². The number of aromatic nitrogens is 2. The number of amides is 3. The lowest BCUT2D eigenvalue weighted by Crippen LogP contribution is -2.32. The molecule has 0 aliphatic carbocycles. The first-order chi connectivity index (χ1) is 16.0. The average Bonchev–Trinajstić information content (AvgIpc) is 3.35. The highest BCUT2D eigenvalue weighted by molar-refractivity contribution is 9.10. The number of nitrogens with zero attached hydrogens (tertiary/aromatic N) is 3. The number of benzene rings is 1. The number of anilines is 4. The Balaban J connectivity index is 1.50. The van der Waals surface area contributed by atoms with Gasteiger partial charge in [-0.25, -0.2) is 9.78 Å². The number of rotatable bonds is 11. The fourth-order valence-electron chi connectivity index (χ4n) is 3.35. The second-order valence-electron chi connectivity index (χ2n) is 7.74. The summed E-state index contributed by atoms with van der Waals surface area (Å²) >= 11 is 3.46. The van der Waals surface area contributed by atoms with Crippen molar-refractivity contribution in [3.63, 3.8) is 0 Å². The highest BCUT2D eigenvalue weighted by Gasteiger charge is 2.17. The van der Waals surface area contributed by atoms with Crippen molar-refractivity contribution in [3.8, 4) is 0 Å². The Morgan fingerprint density at radius 2 is 1.91 bits per heavy atom. The maximum atomic E-state index is 12.3. The summed E-state index contributed by atoms with van der Waals surface area (Å²) in [7, 11) is 0. The zero-order chi connectivity index (χ0) is 23.5. The predicted molar refractivity (Wildman–Crippen MR) is 134 cm³/mol. The van der Waals surface area contributed by atoms with Crippen molar-refractivity contribution in [2.75, 3.05) is 48.7 Å². The van der Waals surface area contributed by atoms with E-state index < -0.39 is 0 Å². The molecule has 1 aromatic carbocycles. The molecule has 0 bridgehead atoms. The van der Waals surface area contributed by atoms with Gasteiger partial charge in [-0.2, -0.15) is 4.98 Å². The average molecular weight is 519 g/mol. The van der Waals surface area contributed by atoms with Gasteiger partial charge in [-0.05, 0) is 66.4 Å². The van der Waals surface area contributed by atoms with E-state index in [1.54, 1.807) is 6.20 Å². The molecule has 1 fully saturated rings. The minimum absolute atomic E-state index is 0.0222. The summed E-state index contributed by atoms with van der Waals surface area (Å²) in [4.78, 5) is 34.6. The molecule has 1 aliphatic heterocycles. The molecule has 0 saturated carbocycles. The number of hydrogen-bond donors (Lipinski definition) is 5. The zero-order valence-electron chi connectivity index (χ0n) is 18.6. The van der Waals surface area contributed by atoms with Crippen LogP contribution in [-0.2, 0) is 4.79 Å². The molecule has 3 rings (SSSR count). The van der Waals surface area contributed by atoms with Crippen molar-refractivity contribution in [3.05, 3.63) is 34.9 Å². The van der Waals surface area contributed by atoms with Crippen molar-refractivity contribution >= 4 is 51.0 Å². The van der Waals surface area contributed by atoms with E-state index in [0.29, 0.717) is 49.9 Å². The van der Waals surface area contributed by atoms with Gasteiger partial charge in [0.15, 0.2) is 0 Å². The molecule has 11 heteroatoms. The number of hydrogen-bond acceptors (Lipinski definition) is 7. The van der Waals surface area contributed by atoms with Gasteiger partial charge < -0.3 is 31.9 Å². The summed E-state index contributed by atoms with van der Waals surface area (Å²) in [5.41, 5.74) is 6.89. The second kappa shape index (κ2) is 12.9. The van der Waals surface area contributed by atoms with E-state index in [2.05, 4.69) is 47.2 Å². The number of carbonyl (C=O) groups is 2. The van der Waals surface area contributed by atoms with Crippen molar-refractivity contribution in [1.82, 2.24) is 20.2 Å². The quantitative estimate of drug-likeness (QED) is 0.288. The molecule has 0 spiro atoms. The molecule has 6 N–H and O–H groups in total. The fraction of sp³-hybridized carbons (Fsp3) is 0.455. The van der Waals surface area contributed by atoms with Gasteiger partial charge in [0.25, 0.3) is 0 Å². The normalized spacial score (nSPS) is 13.0. The SMILES string of the molecule is NCCCC(=O)NCCCNc1nc(Nc2cccc(NC(=O)N3CCCC3)c2)ncc1Br. The number of carbonyl (C=O) groups excluding carboxylic acids is 2. The first kappa shape index (κ1) is 24.7. The molecule has 0 unspecified atom stereocenters. The minimum Gasteiger partial charge on any atom is -0.369 e. The lowest BCUT2D eigenvalue weighted by atomic mass is 10.3. The van der Waals surface area contributed by atoms with Crippen LogP contribution in [0.15, 0.2) is 34.9 Å². The van der Waals surface area contributed by atoms with Gasteiger partial charge in [0.1, 0.15) is 5.82 Å². The Kier molecular flexibility index (Phi) is 9.70. The summed E-state index contributed by atoms with van der Waals surface area (Å²) in [6.07, 6.45) is 5.68. The molecule has 2 heterocycles. The Morgan fingerprint density at radius 1 is 1.12 bits per heavy atom. The van der Waals surface area contributed by atoms with Gasteiger partial charge in [-0.1, -0.05) is 6.07 Å². The summed E-state index contributed by atoms with van der Waals surface area (Å²) in [6, 6.07) is 7.37. The van der Waals surface area contributed by atoms with E-state index in [-0.39, 0.29) is 11.9 Å². The predicted octanol–water partition coefficient (Wildman–Crippen LogP) is 3.27. The molecule has 0 atom stereocenters. The largest absolute Gasteiger partial charge is 0.369 e. The molecule has 1 aliphatic rings. The van der Waals surface area contributed by atoms with Gasteiger partial charge in [0, 0.05) is 50.2 Å². The van der Waals surface area contributed by atoms with Gasteiger partial charge in [-0.3, -0.25) is 4.79 Å². The van der Waals surface area contributed by atoms with Crippen LogP contribution in [-0.4, -0.2) is 59.5 Å². The van der Waals surface area contributed by atoms with Gasteiger partial charge in [0.2, 0.25) is 11.9 Å². The Morgan fingerprint density at radius 3 is 2.70 bits per heavy atom. The Labute approximate surface area is 202 Å². The number of likely N-dealkylation sites (tertiary alicyclic amines) is 1. The summed E-state index contributed by atoms with van der Waals surface area (Å²) < 4.78 is 0.742. The zero-order valence-corrected chi connectivity index (χ0v) is 20.2. The van der Waals surface area contributed by atoms with Crippen LogP contribution in [0.1, 0.15) is 32.1 Å². The van der Waals surface area contributed by atoms with E-state index >= 15 is 0 Å². The molecule has 1 saturated heterocycles. The third-order valence-corrected chi connectivity index (χ3v) is 5.66. The highest BCUT2D eigenvalue weighted by atomic mass is 79.9. The minimum atomic E-state index is -0.0772. The molecule has 0 radical (unpaired) electrons. The number of halogens is 1. The van der Waals surface area contributed by atoms with Crippen LogP contribution in [0, 0.1) is 0 Å². The Hall–Kier alpha value is -2.92. The maximum Gasteiger partial charge on any atom is 0.321 e. The lowest BCUT2D eigenvalue weighted by Gasteiger charge is -2.16. The molecular weight excluding hydrogens is 488 g/mol. The standard InChI is InChI=1S/C22H31BrN8O2/c23-18-15-27-21(30-20(18)26-11-5-10-25-19(32)8-4-9-24)28-16-6-3-7-17(14-16)29-22(33)31-12-1-2-13-31/h3,6-7,14-15H,1-2,4-5,8-13,24H2,(H,25,32)(H,29,33)(H2,26,27,28,30). The molecule has 178 valence electrons. The van der Waals surface area contributed by atoms with Crippen LogP contribution in [0.25, 0.3) is 0 Å². The van der Waals surface area contributed by atoms with E-state index in [1.165, 1.54) is 0 Å². The van der Waals surface area contributed by atoms with E-state index in [1.807, 2.05) is 29.2 Å². The van der Waals surface area contributed by atoms with Crippen LogP contribution in [0.5, 0.6) is 0 Å².